The van der Waals surface area contributed by atoms with Gasteiger partial charge in [-0.05, 0) is 65.8 Å². The Labute approximate surface area is 177 Å². The normalized spacial score (nSPS) is 11.4. The highest BCUT2D eigenvalue weighted by atomic mass is 16.7. The first-order valence-corrected chi connectivity index (χ1v) is 9.58. The van der Waals surface area contributed by atoms with Crippen molar-refractivity contribution in [2.75, 3.05) is 26.4 Å². The maximum Gasteiger partial charge on any atom is 0.513 e. The van der Waals surface area contributed by atoms with E-state index in [4.69, 9.17) is 23.7 Å². The Hall–Kier alpha value is -2.81. The molecule has 168 valence electrons. The topological polar surface area (TPSA) is 109 Å². The predicted molar refractivity (Wildman–Crippen MR) is 109 cm³/mol. The van der Waals surface area contributed by atoms with Crippen molar-refractivity contribution in [1.29, 1.82) is 0 Å². The molecule has 1 amide bonds. The van der Waals surface area contributed by atoms with Gasteiger partial charge in [0.1, 0.15) is 23.6 Å². The summed E-state index contributed by atoms with van der Waals surface area (Å²) in [6.45, 7) is 11.3. The maximum atomic E-state index is 11.9. The molecule has 9 heteroatoms. The third-order valence-electron chi connectivity index (χ3n) is 3.05. The molecule has 0 radical (unpaired) electrons. The molecule has 1 aromatic rings. The number of nitrogens with one attached hydrogen (secondary N) is 1. The molecule has 30 heavy (non-hydrogen) atoms. The summed E-state index contributed by atoms with van der Waals surface area (Å²) in [6.07, 6.45) is -1.42. The number of carbonyl (C=O) groups excluding carboxylic acids is 3. The molecule has 0 spiro atoms. The van der Waals surface area contributed by atoms with Crippen LogP contribution < -0.4 is 10.1 Å². The van der Waals surface area contributed by atoms with Crippen molar-refractivity contribution in [2.45, 2.75) is 52.7 Å². The van der Waals surface area contributed by atoms with E-state index in [9.17, 15) is 14.4 Å². The van der Waals surface area contributed by atoms with Gasteiger partial charge in [-0.2, -0.15) is 0 Å². The van der Waals surface area contributed by atoms with Gasteiger partial charge in [-0.15, -0.1) is 0 Å². The Bertz CT molecular complexity index is 701. The van der Waals surface area contributed by atoms with Gasteiger partial charge < -0.3 is 29.0 Å². The minimum Gasteiger partial charge on any atom is -0.456 e. The van der Waals surface area contributed by atoms with Crippen molar-refractivity contribution in [2.24, 2.45) is 0 Å². The largest absolute Gasteiger partial charge is 0.513 e. The molecule has 9 nitrogen and oxygen atoms in total. The zero-order valence-electron chi connectivity index (χ0n) is 18.4. The smallest absolute Gasteiger partial charge is 0.456 e. The third-order valence-corrected chi connectivity index (χ3v) is 3.05. The molecule has 1 rings (SSSR count). The lowest BCUT2D eigenvalue weighted by Gasteiger charge is -2.19. The van der Waals surface area contributed by atoms with Crippen LogP contribution in [0.3, 0.4) is 0 Å². The highest BCUT2D eigenvalue weighted by Crippen LogP contribution is 2.16. The minimum absolute atomic E-state index is 0.0126. The number of alkyl carbamates (subject to hydrolysis) is 1. The molecular formula is C21H31NO8. The molecule has 0 unspecified atom stereocenters. The number of ether oxygens (including phenoxy) is 5. The minimum atomic E-state index is -0.893. The second kappa shape index (κ2) is 11.4. The Morgan fingerprint density at radius 2 is 1.43 bits per heavy atom. The summed E-state index contributed by atoms with van der Waals surface area (Å²) in [6, 6.07) is 5.94. The van der Waals surface area contributed by atoms with Crippen LogP contribution in [0.2, 0.25) is 0 Å². The van der Waals surface area contributed by atoms with Crippen molar-refractivity contribution in [1.82, 2.24) is 5.32 Å². The van der Waals surface area contributed by atoms with Crippen molar-refractivity contribution in [3.63, 3.8) is 0 Å². The van der Waals surface area contributed by atoms with Crippen LogP contribution in [0.25, 0.3) is 0 Å². The van der Waals surface area contributed by atoms with Crippen LogP contribution >= 0.6 is 0 Å². The van der Waals surface area contributed by atoms with E-state index < -0.39 is 29.4 Å². The summed E-state index contributed by atoms with van der Waals surface area (Å²) in [7, 11) is 0. The quantitative estimate of drug-likeness (QED) is 0.291. The van der Waals surface area contributed by atoms with Crippen molar-refractivity contribution in [3.05, 3.63) is 29.8 Å². The molecule has 0 aromatic heterocycles. The van der Waals surface area contributed by atoms with Gasteiger partial charge in [0.05, 0.1) is 18.8 Å². The fourth-order valence-corrected chi connectivity index (χ4v) is 1.95. The van der Waals surface area contributed by atoms with Crippen LogP contribution in [-0.2, 0) is 18.9 Å². The van der Waals surface area contributed by atoms with E-state index >= 15 is 0 Å². The number of benzene rings is 1. The monoisotopic (exact) mass is 425 g/mol. The van der Waals surface area contributed by atoms with Crippen molar-refractivity contribution in [3.8, 4) is 5.75 Å². The zero-order chi connectivity index (χ0) is 22.8. The van der Waals surface area contributed by atoms with Gasteiger partial charge in [0, 0.05) is 6.54 Å². The number of carbonyl (C=O) groups is 3. The molecule has 0 aliphatic heterocycles. The van der Waals surface area contributed by atoms with Gasteiger partial charge in [0.15, 0.2) is 0 Å². The standard InChI is InChI=1S/C21H31NO8/c1-20(2,3)29-17(23)15-7-9-16(10-8-15)28-19(25)27-14-13-26-12-11-22-18(24)30-21(4,5)6/h7-10H,11-14H2,1-6H3,(H,22,24). The van der Waals surface area contributed by atoms with Gasteiger partial charge in [-0.3, -0.25) is 0 Å². The molecule has 0 heterocycles. The molecule has 0 atom stereocenters. The highest BCUT2D eigenvalue weighted by molar-refractivity contribution is 5.89. The Balaban J connectivity index is 2.20. The summed E-state index contributed by atoms with van der Waals surface area (Å²) in [5.74, 6) is -0.232. The van der Waals surface area contributed by atoms with Gasteiger partial charge in [-0.1, -0.05) is 0 Å². The van der Waals surface area contributed by atoms with Gasteiger partial charge in [0.25, 0.3) is 0 Å². The van der Waals surface area contributed by atoms with E-state index in [1.807, 2.05) is 0 Å². The van der Waals surface area contributed by atoms with E-state index in [-0.39, 0.29) is 32.1 Å². The van der Waals surface area contributed by atoms with Crippen molar-refractivity contribution < 1.29 is 38.1 Å². The van der Waals surface area contributed by atoms with Crippen LogP contribution in [0.15, 0.2) is 24.3 Å². The van der Waals surface area contributed by atoms with Crippen LogP contribution in [0.4, 0.5) is 9.59 Å². The summed E-state index contributed by atoms with van der Waals surface area (Å²) in [5.41, 5.74) is -0.807. The van der Waals surface area contributed by atoms with E-state index in [0.717, 1.165) is 0 Å². The Morgan fingerprint density at radius 1 is 0.833 bits per heavy atom. The fraction of sp³-hybridized carbons (Fsp3) is 0.571. The van der Waals surface area contributed by atoms with Gasteiger partial charge in [0.2, 0.25) is 0 Å². The lowest BCUT2D eigenvalue weighted by atomic mass is 10.1. The SMILES string of the molecule is CC(C)(C)OC(=O)NCCOCCOC(=O)Oc1ccc(C(=O)OC(C)(C)C)cc1. The molecular weight excluding hydrogens is 394 g/mol. The molecule has 0 aliphatic rings. The second-order valence-electron chi connectivity index (χ2n) is 8.27. The Morgan fingerprint density at radius 3 is 2.00 bits per heavy atom. The molecule has 1 aromatic carbocycles. The van der Waals surface area contributed by atoms with Gasteiger partial charge in [-0.25, -0.2) is 14.4 Å². The van der Waals surface area contributed by atoms with E-state index in [1.165, 1.54) is 24.3 Å². The zero-order valence-corrected chi connectivity index (χ0v) is 18.4. The first kappa shape index (κ1) is 25.2. The highest BCUT2D eigenvalue weighted by Gasteiger charge is 2.18. The van der Waals surface area contributed by atoms with Crippen LogP contribution in [0, 0.1) is 0 Å². The molecule has 0 fully saturated rings. The summed E-state index contributed by atoms with van der Waals surface area (Å²) >= 11 is 0. The number of hydrogen-bond acceptors (Lipinski definition) is 8. The first-order chi connectivity index (χ1) is 13.9. The van der Waals surface area contributed by atoms with E-state index in [1.54, 1.807) is 41.5 Å². The third kappa shape index (κ3) is 11.9. The molecule has 0 saturated heterocycles. The molecule has 0 aliphatic carbocycles. The lowest BCUT2D eigenvalue weighted by Crippen LogP contribution is -2.34. The van der Waals surface area contributed by atoms with E-state index in [0.29, 0.717) is 5.56 Å². The fourth-order valence-electron chi connectivity index (χ4n) is 1.95. The number of hydrogen-bond donors (Lipinski definition) is 1. The summed E-state index contributed by atoms with van der Waals surface area (Å²) in [4.78, 5) is 35.0. The Kier molecular flexibility index (Phi) is 9.58. The van der Waals surface area contributed by atoms with Crippen LogP contribution in [0.5, 0.6) is 5.75 Å². The van der Waals surface area contributed by atoms with Crippen molar-refractivity contribution >= 4 is 18.2 Å². The van der Waals surface area contributed by atoms with Crippen LogP contribution in [-0.4, -0.2) is 55.8 Å². The van der Waals surface area contributed by atoms with Crippen LogP contribution in [0.1, 0.15) is 51.9 Å². The predicted octanol–water partition coefficient (Wildman–Crippen LogP) is 3.70. The number of rotatable bonds is 8. The average molecular weight is 425 g/mol. The number of esters is 1. The second-order valence-corrected chi connectivity index (χ2v) is 8.27. The first-order valence-electron chi connectivity index (χ1n) is 9.58. The molecule has 0 saturated carbocycles. The summed E-state index contributed by atoms with van der Waals surface area (Å²) in [5, 5.41) is 2.54. The average Bonchev–Trinajstić information content (AvgIpc) is 2.58. The number of amides is 1. The molecule has 0 bridgehead atoms. The lowest BCUT2D eigenvalue weighted by molar-refractivity contribution is 0.00692. The molecule has 1 N–H and O–H groups in total. The van der Waals surface area contributed by atoms with E-state index in [2.05, 4.69) is 5.32 Å². The summed E-state index contributed by atoms with van der Waals surface area (Å²) < 4.78 is 25.5. The maximum absolute atomic E-state index is 11.9. The van der Waals surface area contributed by atoms with Gasteiger partial charge >= 0.3 is 18.2 Å².